The lowest BCUT2D eigenvalue weighted by Gasteiger charge is -2.35. The zero-order valence-electron chi connectivity index (χ0n) is 15.1. The van der Waals surface area contributed by atoms with Crippen molar-refractivity contribution in [2.45, 2.75) is 45.2 Å². The number of hydrogen-bond acceptors (Lipinski definition) is 4. The molecule has 0 unspecified atom stereocenters. The maximum atomic E-state index is 12.8. The van der Waals surface area contributed by atoms with Gasteiger partial charge in [0.25, 0.3) is 0 Å². The van der Waals surface area contributed by atoms with Crippen molar-refractivity contribution >= 4 is 6.03 Å². The molecule has 2 N–H and O–H groups in total. The van der Waals surface area contributed by atoms with E-state index in [1.165, 1.54) is 0 Å². The molecule has 1 saturated heterocycles. The lowest BCUT2D eigenvalue weighted by atomic mass is 9.98. The van der Waals surface area contributed by atoms with Crippen molar-refractivity contribution in [1.29, 1.82) is 0 Å². The van der Waals surface area contributed by atoms with E-state index in [1.54, 1.807) is 18.0 Å². The van der Waals surface area contributed by atoms with Crippen LogP contribution in [0.5, 0.6) is 5.88 Å². The lowest BCUT2D eigenvalue weighted by molar-refractivity contribution is 0.151. The Morgan fingerprint density at radius 3 is 3.00 bits per heavy atom. The number of amides is 2. The molecular weight excluding hydrogens is 320 g/mol. The van der Waals surface area contributed by atoms with E-state index < -0.39 is 0 Å². The average molecular weight is 346 g/mol. The zero-order chi connectivity index (χ0) is 17.8. The fourth-order valence-corrected chi connectivity index (χ4v) is 3.55. The van der Waals surface area contributed by atoms with Crippen molar-refractivity contribution in [2.24, 2.45) is 7.05 Å². The smallest absolute Gasteiger partial charge is 0.318 e. The van der Waals surface area contributed by atoms with Crippen LogP contribution in [0.1, 0.15) is 49.0 Å². The Labute approximate surface area is 147 Å². The van der Waals surface area contributed by atoms with E-state index in [-0.39, 0.29) is 12.1 Å². The third-order valence-electron chi connectivity index (χ3n) is 4.78. The minimum absolute atomic E-state index is 0.0566. The van der Waals surface area contributed by atoms with E-state index in [9.17, 15) is 4.79 Å². The third-order valence-corrected chi connectivity index (χ3v) is 4.78. The van der Waals surface area contributed by atoms with Crippen molar-refractivity contribution < 1.29 is 9.53 Å². The van der Waals surface area contributed by atoms with E-state index in [2.05, 4.69) is 20.6 Å². The van der Waals surface area contributed by atoms with Crippen LogP contribution in [0.4, 0.5) is 4.79 Å². The van der Waals surface area contributed by atoms with E-state index in [0.717, 1.165) is 49.0 Å². The molecule has 0 aliphatic carbocycles. The standard InChI is InChI=1S/C17H26N6O2/c1-4-14-13(16(25-3)22(2)21-14)11-18-17(24)23-8-6-5-7-15(23)12-9-19-20-10-12/h9-10,15H,4-8,11H2,1-3H3,(H,18,24)(H,19,20)/t15-/m1/s1. The number of urea groups is 1. The van der Waals surface area contributed by atoms with Gasteiger partial charge in [0.05, 0.1) is 37.2 Å². The Hall–Kier alpha value is -2.51. The zero-order valence-corrected chi connectivity index (χ0v) is 15.1. The number of hydrogen-bond donors (Lipinski definition) is 2. The first-order valence-electron chi connectivity index (χ1n) is 8.77. The van der Waals surface area contributed by atoms with Crippen LogP contribution in [-0.2, 0) is 20.0 Å². The number of likely N-dealkylation sites (tertiary alicyclic amines) is 1. The average Bonchev–Trinajstić information content (AvgIpc) is 3.27. The summed E-state index contributed by atoms with van der Waals surface area (Å²) < 4.78 is 7.16. The van der Waals surface area contributed by atoms with E-state index >= 15 is 0 Å². The molecule has 2 aromatic rings. The number of nitrogens with one attached hydrogen (secondary N) is 2. The molecule has 0 saturated carbocycles. The number of piperidine rings is 1. The quantitative estimate of drug-likeness (QED) is 0.868. The van der Waals surface area contributed by atoms with Crippen molar-refractivity contribution in [3.05, 3.63) is 29.2 Å². The molecular formula is C17H26N6O2. The second-order valence-electron chi connectivity index (χ2n) is 6.31. The predicted octanol–water partition coefficient (Wildman–Crippen LogP) is 2.15. The molecule has 0 radical (unpaired) electrons. The van der Waals surface area contributed by atoms with Gasteiger partial charge < -0.3 is 15.0 Å². The Morgan fingerprint density at radius 1 is 1.48 bits per heavy atom. The number of methoxy groups -OCH3 is 1. The van der Waals surface area contributed by atoms with Gasteiger partial charge in [-0.2, -0.15) is 10.2 Å². The number of carbonyl (C=O) groups excluding carboxylic acids is 1. The van der Waals surface area contributed by atoms with Crippen molar-refractivity contribution in [2.75, 3.05) is 13.7 Å². The molecule has 8 heteroatoms. The van der Waals surface area contributed by atoms with Gasteiger partial charge in [0.1, 0.15) is 0 Å². The van der Waals surface area contributed by atoms with E-state index in [1.807, 2.05) is 25.1 Å². The number of aromatic amines is 1. The molecule has 8 nitrogen and oxygen atoms in total. The first-order valence-corrected chi connectivity index (χ1v) is 8.77. The van der Waals surface area contributed by atoms with Crippen LogP contribution < -0.4 is 10.1 Å². The summed E-state index contributed by atoms with van der Waals surface area (Å²) in [5, 5.41) is 14.4. The minimum atomic E-state index is -0.0566. The maximum absolute atomic E-state index is 12.8. The molecule has 1 fully saturated rings. The number of aryl methyl sites for hydroxylation is 2. The Morgan fingerprint density at radius 2 is 2.32 bits per heavy atom. The summed E-state index contributed by atoms with van der Waals surface area (Å²) in [4.78, 5) is 14.7. The molecule has 25 heavy (non-hydrogen) atoms. The lowest BCUT2D eigenvalue weighted by Crippen LogP contribution is -2.44. The fourth-order valence-electron chi connectivity index (χ4n) is 3.55. The predicted molar refractivity (Wildman–Crippen MR) is 93.3 cm³/mol. The van der Waals surface area contributed by atoms with Crippen LogP contribution in [-0.4, -0.2) is 44.6 Å². The summed E-state index contributed by atoms with van der Waals surface area (Å²) in [6, 6.07) is 0.0211. The molecule has 2 amide bonds. The number of rotatable bonds is 5. The molecule has 0 spiro atoms. The van der Waals surface area contributed by atoms with Crippen LogP contribution in [0.2, 0.25) is 0 Å². The van der Waals surface area contributed by atoms with Gasteiger partial charge in [-0.3, -0.25) is 5.10 Å². The first-order chi connectivity index (χ1) is 12.2. The first kappa shape index (κ1) is 17.3. The van der Waals surface area contributed by atoms with E-state index in [4.69, 9.17) is 4.74 Å². The van der Waals surface area contributed by atoms with Crippen LogP contribution in [0, 0.1) is 0 Å². The summed E-state index contributed by atoms with van der Waals surface area (Å²) in [5.74, 6) is 0.696. The van der Waals surface area contributed by atoms with Crippen LogP contribution in [0.25, 0.3) is 0 Å². The number of H-pyrrole nitrogens is 1. The second-order valence-corrected chi connectivity index (χ2v) is 6.31. The summed E-state index contributed by atoms with van der Waals surface area (Å²) >= 11 is 0. The summed E-state index contributed by atoms with van der Waals surface area (Å²) in [6.45, 7) is 3.22. The Balaban J connectivity index is 1.71. The van der Waals surface area contributed by atoms with Crippen LogP contribution in [0.15, 0.2) is 12.4 Å². The molecule has 0 bridgehead atoms. The summed E-state index contributed by atoms with van der Waals surface area (Å²) in [5.41, 5.74) is 2.95. The second kappa shape index (κ2) is 7.58. The number of carbonyl (C=O) groups is 1. The fraction of sp³-hybridized carbons (Fsp3) is 0.588. The van der Waals surface area contributed by atoms with Gasteiger partial charge in [-0.1, -0.05) is 6.92 Å². The number of ether oxygens (including phenoxy) is 1. The Kier molecular flexibility index (Phi) is 5.25. The molecule has 1 aliphatic heterocycles. The van der Waals surface area contributed by atoms with Gasteiger partial charge in [0, 0.05) is 25.4 Å². The molecule has 2 aromatic heterocycles. The summed E-state index contributed by atoms with van der Waals surface area (Å²) in [7, 11) is 3.48. The highest BCUT2D eigenvalue weighted by Gasteiger charge is 2.29. The highest BCUT2D eigenvalue weighted by atomic mass is 16.5. The SMILES string of the molecule is CCc1nn(C)c(OC)c1CNC(=O)N1CCCC[C@@H]1c1cn[nH]c1. The molecule has 3 rings (SSSR count). The molecule has 136 valence electrons. The topological polar surface area (TPSA) is 88.1 Å². The maximum Gasteiger partial charge on any atom is 0.318 e. The van der Waals surface area contributed by atoms with Gasteiger partial charge >= 0.3 is 6.03 Å². The van der Waals surface area contributed by atoms with Crippen molar-refractivity contribution in [3.8, 4) is 5.88 Å². The number of nitrogens with zero attached hydrogens (tertiary/aromatic N) is 4. The highest BCUT2D eigenvalue weighted by Crippen LogP contribution is 2.30. The number of aromatic nitrogens is 4. The van der Waals surface area contributed by atoms with Crippen molar-refractivity contribution in [3.63, 3.8) is 0 Å². The molecule has 3 heterocycles. The van der Waals surface area contributed by atoms with Gasteiger partial charge in [-0.05, 0) is 25.7 Å². The molecule has 1 atom stereocenters. The Bertz CT molecular complexity index is 709. The monoisotopic (exact) mass is 346 g/mol. The van der Waals surface area contributed by atoms with Gasteiger partial charge in [-0.15, -0.1) is 0 Å². The van der Waals surface area contributed by atoms with Gasteiger partial charge in [-0.25, -0.2) is 9.48 Å². The van der Waals surface area contributed by atoms with Crippen molar-refractivity contribution in [1.82, 2.24) is 30.2 Å². The van der Waals surface area contributed by atoms with Crippen LogP contribution >= 0.6 is 0 Å². The normalized spacial score (nSPS) is 17.6. The molecule has 0 aromatic carbocycles. The van der Waals surface area contributed by atoms with Gasteiger partial charge in [0.15, 0.2) is 0 Å². The summed E-state index contributed by atoms with van der Waals surface area (Å²) in [6.07, 6.45) is 7.58. The third kappa shape index (κ3) is 3.47. The van der Waals surface area contributed by atoms with Gasteiger partial charge in [0.2, 0.25) is 5.88 Å². The largest absolute Gasteiger partial charge is 0.481 e. The molecule has 1 aliphatic rings. The van der Waals surface area contributed by atoms with Crippen LogP contribution in [0.3, 0.4) is 0 Å². The minimum Gasteiger partial charge on any atom is -0.481 e. The highest BCUT2D eigenvalue weighted by molar-refractivity contribution is 5.75. The van der Waals surface area contributed by atoms with E-state index in [0.29, 0.717) is 12.4 Å².